The van der Waals surface area contributed by atoms with Crippen molar-refractivity contribution >= 4 is 0 Å². The first-order valence-corrected chi connectivity index (χ1v) is 12.4. The van der Waals surface area contributed by atoms with Gasteiger partial charge in [-0.05, 0) is 70.2 Å². The molecule has 2 unspecified atom stereocenters. The number of aryl methyl sites for hydroxylation is 2. The molecule has 2 aromatic rings. The molecule has 0 radical (unpaired) electrons. The van der Waals surface area contributed by atoms with Crippen LogP contribution in [0.2, 0.25) is 0 Å². The molecule has 0 aromatic heterocycles. The zero-order valence-corrected chi connectivity index (χ0v) is 22.6. The molecule has 2 aromatic carbocycles. The van der Waals surface area contributed by atoms with Crippen LogP contribution in [0.15, 0.2) is 48.0 Å². The van der Waals surface area contributed by atoms with E-state index >= 15 is 0 Å². The Labute approximate surface area is 203 Å². The highest BCUT2D eigenvalue weighted by Gasteiger charge is 2.19. The maximum absolute atomic E-state index is 6.06. The van der Waals surface area contributed by atoms with Crippen molar-refractivity contribution in [2.75, 3.05) is 13.7 Å². The standard InChI is InChI=1S/C28H40O3.C2H6/c1-9-22(6)26(14-19(2)3)25-10-11-27(28(18-25)29-8)31-23(7)30-13-12-24-16-20(4)15-21(5)17-24;1-2/h10-11,14-18,22-23,26H,9,12-13H2,1-8H3;1-2H3/t22?,23?,26-;/m0./s1. The van der Waals surface area contributed by atoms with Crippen LogP contribution >= 0.6 is 0 Å². The highest BCUT2D eigenvalue weighted by atomic mass is 16.7. The Morgan fingerprint density at radius 2 is 1.58 bits per heavy atom. The molecule has 0 N–H and O–H groups in total. The lowest BCUT2D eigenvalue weighted by atomic mass is 9.84. The predicted octanol–water partition coefficient (Wildman–Crippen LogP) is 8.42. The van der Waals surface area contributed by atoms with Crippen molar-refractivity contribution in [2.24, 2.45) is 5.92 Å². The van der Waals surface area contributed by atoms with Crippen LogP contribution < -0.4 is 9.47 Å². The normalized spacial score (nSPS) is 13.3. The van der Waals surface area contributed by atoms with Crippen molar-refractivity contribution in [3.8, 4) is 11.5 Å². The van der Waals surface area contributed by atoms with E-state index in [-0.39, 0.29) is 6.29 Å². The summed E-state index contributed by atoms with van der Waals surface area (Å²) < 4.78 is 17.6. The molecule has 0 saturated carbocycles. The lowest BCUT2D eigenvalue weighted by Gasteiger charge is -2.23. The van der Waals surface area contributed by atoms with Crippen molar-refractivity contribution in [1.82, 2.24) is 0 Å². The summed E-state index contributed by atoms with van der Waals surface area (Å²) in [6, 6.07) is 12.9. The maximum atomic E-state index is 6.06. The van der Waals surface area contributed by atoms with E-state index in [1.165, 1.54) is 27.8 Å². The van der Waals surface area contributed by atoms with Crippen molar-refractivity contribution in [3.63, 3.8) is 0 Å². The Kier molecular flexibility index (Phi) is 12.9. The zero-order valence-electron chi connectivity index (χ0n) is 22.6. The zero-order chi connectivity index (χ0) is 25.0. The summed E-state index contributed by atoms with van der Waals surface area (Å²) in [7, 11) is 1.69. The second-order valence-electron chi connectivity index (χ2n) is 8.87. The van der Waals surface area contributed by atoms with Gasteiger partial charge in [-0.15, -0.1) is 0 Å². The van der Waals surface area contributed by atoms with Gasteiger partial charge in [-0.1, -0.05) is 81.2 Å². The van der Waals surface area contributed by atoms with E-state index in [9.17, 15) is 0 Å². The highest BCUT2D eigenvalue weighted by molar-refractivity contribution is 5.45. The minimum Gasteiger partial charge on any atom is -0.493 e. The molecule has 2 rings (SSSR count). The van der Waals surface area contributed by atoms with Crippen LogP contribution in [0.4, 0.5) is 0 Å². The van der Waals surface area contributed by atoms with Gasteiger partial charge >= 0.3 is 0 Å². The molecule has 0 aliphatic rings. The number of ether oxygens (including phenoxy) is 3. The average Bonchev–Trinajstić information content (AvgIpc) is 2.78. The van der Waals surface area contributed by atoms with Gasteiger partial charge in [0.25, 0.3) is 0 Å². The third kappa shape index (κ3) is 9.63. The second-order valence-corrected chi connectivity index (χ2v) is 8.87. The molecule has 0 saturated heterocycles. The minimum absolute atomic E-state index is 0.353. The van der Waals surface area contributed by atoms with Crippen LogP contribution in [0.25, 0.3) is 0 Å². The number of methoxy groups -OCH3 is 1. The highest BCUT2D eigenvalue weighted by Crippen LogP contribution is 2.36. The summed E-state index contributed by atoms with van der Waals surface area (Å²) in [5, 5.41) is 0. The van der Waals surface area contributed by atoms with E-state index in [2.05, 4.69) is 78.0 Å². The first-order valence-electron chi connectivity index (χ1n) is 12.4. The first-order chi connectivity index (χ1) is 15.7. The molecule has 3 atom stereocenters. The Bertz CT molecular complexity index is 845. The van der Waals surface area contributed by atoms with Crippen molar-refractivity contribution in [3.05, 3.63) is 70.3 Å². The fourth-order valence-electron chi connectivity index (χ4n) is 3.96. The molecular weight excluding hydrogens is 408 g/mol. The summed E-state index contributed by atoms with van der Waals surface area (Å²) in [6.45, 7) is 19.6. The average molecular weight is 455 g/mol. The van der Waals surface area contributed by atoms with E-state index in [1.807, 2.05) is 26.8 Å². The number of rotatable bonds is 11. The van der Waals surface area contributed by atoms with Crippen LogP contribution in [-0.2, 0) is 11.2 Å². The van der Waals surface area contributed by atoms with Gasteiger partial charge in [0.05, 0.1) is 13.7 Å². The maximum Gasteiger partial charge on any atom is 0.197 e. The molecule has 0 bridgehead atoms. The van der Waals surface area contributed by atoms with Gasteiger partial charge in [-0.2, -0.15) is 0 Å². The van der Waals surface area contributed by atoms with Gasteiger partial charge in [0.15, 0.2) is 17.8 Å². The van der Waals surface area contributed by atoms with Crippen molar-refractivity contribution < 1.29 is 14.2 Å². The number of allylic oxidation sites excluding steroid dienone is 2. The van der Waals surface area contributed by atoms with E-state index in [4.69, 9.17) is 14.2 Å². The topological polar surface area (TPSA) is 27.7 Å². The Balaban J connectivity index is 0.00000265. The van der Waals surface area contributed by atoms with Crippen LogP contribution in [0.3, 0.4) is 0 Å². The minimum atomic E-state index is -0.353. The van der Waals surface area contributed by atoms with Crippen LogP contribution in [0.5, 0.6) is 11.5 Å². The van der Waals surface area contributed by atoms with Gasteiger partial charge in [0, 0.05) is 5.92 Å². The molecular formula is C30H46O3. The van der Waals surface area contributed by atoms with Gasteiger partial charge in [0.1, 0.15) is 0 Å². The third-order valence-corrected chi connectivity index (χ3v) is 5.66. The SMILES string of the molecule is CC.CCC(C)[C@H](C=C(C)C)c1ccc(OC(C)OCCc2cc(C)cc(C)c2)c(OC)c1. The molecule has 3 nitrogen and oxygen atoms in total. The molecule has 0 aliphatic heterocycles. The fraction of sp³-hybridized carbons (Fsp3) is 0.533. The van der Waals surface area contributed by atoms with Gasteiger partial charge in [-0.25, -0.2) is 0 Å². The van der Waals surface area contributed by atoms with E-state index in [0.717, 1.165) is 18.6 Å². The smallest absolute Gasteiger partial charge is 0.197 e. The van der Waals surface area contributed by atoms with Crippen LogP contribution in [-0.4, -0.2) is 20.0 Å². The quantitative estimate of drug-likeness (QED) is 0.252. The number of hydrogen-bond acceptors (Lipinski definition) is 3. The fourth-order valence-corrected chi connectivity index (χ4v) is 3.96. The molecule has 0 heterocycles. The second kappa shape index (κ2) is 14.8. The summed E-state index contributed by atoms with van der Waals surface area (Å²) in [5.41, 5.74) is 6.45. The number of benzene rings is 2. The Morgan fingerprint density at radius 3 is 2.12 bits per heavy atom. The summed E-state index contributed by atoms with van der Waals surface area (Å²) in [5.74, 6) is 2.38. The summed E-state index contributed by atoms with van der Waals surface area (Å²) >= 11 is 0. The molecule has 0 amide bonds. The predicted molar refractivity (Wildman–Crippen MR) is 142 cm³/mol. The van der Waals surface area contributed by atoms with Gasteiger partial charge < -0.3 is 14.2 Å². The Hall–Kier alpha value is -2.26. The first kappa shape index (κ1) is 28.8. The van der Waals surface area contributed by atoms with Crippen LogP contribution in [0, 0.1) is 19.8 Å². The monoisotopic (exact) mass is 454 g/mol. The van der Waals surface area contributed by atoms with Crippen molar-refractivity contribution in [1.29, 1.82) is 0 Å². The molecule has 0 aliphatic carbocycles. The van der Waals surface area contributed by atoms with Gasteiger partial charge in [0.2, 0.25) is 0 Å². The van der Waals surface area contributed by atoms with Crippen LogP contribution in [0.1, 0.15) is 83.1 Å². The third-order valence-electron chi connectivity index (χ3n) is 5.66. The van der Waals surface area contributed by atoms with Crippen molar-refractivity contribution in [2.45, 2.75) is 87.4 Å². The molecule has 184 valence electrons. The Morgan fingerprint density at radius 1 is 0.939 bits per heavy atom. The molecule has 3 heteroatoms. The molecule has 0 spiro atoms. The number of hydrogen-bond donors (Lipinski definition) is 0. The summed E-state index contributed by atoms with van der Waals surface area (Å²) in [4.78, 5) is 0. The van der Waals surface area contributed by atoms with Gasteiger partial charge in [-0.3, -0.25) is 0 Å². The van der Waals surface area contributed by atoms with E-state index in [1.54, 1.807) is 7.11 Å². The molecule has 33 heavy (non-hydrogen) atoms. The molecule has 0 fully saturated rings. The van der Waals surface area contributed by atoms with E-state index in [0.29, 0.717) is 24.2 Å². The van der Waals surface area contributed by atoms with E-state index < -0.39 is 0 Å². The summed E-state index contributed by atoms with van der Waals surface area (Å²) in [6.07, 6.45) is 3.99. The largest absolute Gasteiger partial charge is 0.493 e. The lowest BCUT2D eigenvalue weighted by molar-refractivity contribution is -0.0664. The lowest BCUT2D eigenvalue weighted by Crippen LogP contribution is -2.18.